The number of pyridine rings is 1. The van der Waals surface area contributed by atoms with Gasteiger partial charge in [0.05, 0.1) is 6.20 Å². The first-order chi connectivity index (χ1) is 8.18. The van der Waals surface area contributed by atoms with Gasteiger partial charge >= 0.3 is 0 Å². The quantitative estimate of drug-likeness (QED) is 0.944. The van der Waals surface area contributed by atoms with E-state index in [1.165, 1.54) is 6.20 Å². The summed E-state index contributed by atoms with van der Waals surface area (Å²) in [5.74, 6) is -0.355. The molecule has 0 fully saturated rings. The molecule has 0 aliphatic carbocycles. The fraction of sp³-hybridized carbons (Fsp3) is 0.154. The molecule has 0 radical (unpaired) electrons. The first-order valence-electron chi connectivity index (χ1n) is 5.27. The summed E-state index contributed by atoms with van der Waals surface area (Å²) >= 11 is 3.45. The molecule has 0 aliphatic rings. The van der Waals surface area contributed by atoms with Crippen LogP contribution in [0.2, 0.25) is 0 Å². The molecular formula is C13H12BrFN2. The van der Waals surface area contributed by atoms with E-state index in [0.717, 1.165) is 10.0 Å². The molecule has 17 heavy (non-hydrogen) atoms. The Hall–Kier alpha value is -1.26. The molecule has 0 bridgehead atoms. The zero-order chi connectivity index (χ0) is 12.3. The summed E-state index contributed by atoms with van der Waals surface area (Å²) in [5.41, 5.74) is 7.57. The van der Waals surface area contributed by atoms with Crippen molar-refractivity contribution in [1.29, 1.82) is 0 Å². The van der Waals surface area contributed by atoms with E-state index < -0.39 is 0 Å². The Balaban J connectivity index is 2.20. The summed E-state index contributed by atoms with van der Waals surface area (Å²) in [6, 6.07) is 9.06. The number of halogens is 2. The maximum Gasteiger partial charge on any atom is 0.146 e. The van der Waals surface area contributed by atoms with Gasteiger partial charge in [-0.3, -0.25) is 4.98 Å². The molecule has 2 rings (SSSR count). The van der Waals surface area contributed by atoms with Crippen molar-refractivity contribution < 1.29 is 4.39 Å². The van der Waals surface area contributed by atoms with Crippen LogP contribution in [0.4, 0.5) is 4.39 Å². The highest BCUT2D eigenvalue weighted by molar-refractivity contribution is 9.10. The van der Waals surface area contributed by atoms with Crippen LogP contribution in [0.3, 0.4) is 0 Å². The summed E-state index contributed by atoms with van der Waals surface area (Å²) in [5, 5.41) is 0. The molecule has 1 atom stereocenters. The lowest BCUT2D eigenvalue weighted by molar-refractivity contribution is 0.574. The van der Waals surface area contributed by atoms with E-state index in [2.05, 4.69) is 20.9 Å². The fourth-order valence-electron chi connectivity index (χ4n) is 1.70. The van der Waals surface area contributed by atoms with Gasteiger partial charge < -0.3 is 5.73 Å². The molecule has 2 nitrogen and oxygen atoms in total. The summed E-state index contributed by atoms with van der Waals surface area (Å²) in [4.78, 5) is 3.71. The van der Waals surface area contributed by atoms with Gasteiger partial charge in [0.25, 0.3) is 0 Å². The maximum absolute atomic E-state index is 13.5. The van der Waals surface area contributed by atoms with E-state index in [0.29, 0.717) is 12.0 Å². The van der Waals surface area contributed by atoms with Gasteiger partial charge in [-0.2, -0.15) is 0 Å². The van der Waals surface area contributed by atoms with E-state index >= 15 is 0 Å². The molecule has 1 aromatic carbocycles. The van der Waals surface area contributed by atoms with E-state index in [-0.39, 0.29) is 11.9 Å². The number of rotatable bonds is 3. The zero-order valence-corrected chi connectivity index (χ0v) is 10.7. The minimum atomic E-state index is -0.364. The molecule has 0 saturated heterocycles. The standard InChI is InChI=1S/C13H12BrFN2/c14-11-4-2-1-3-9(11)7-13(16)10-5-6-17-8-12(10)15/h1-6,8,13H,7,16H2. The average Bonchev–Trinajstić information content (AvgIpc) is 2.32. The molecule has 2 N–H and O–H groups in total. The molecule has 2 aromatic rings. The van der Waals surface area contributed by atoms with Gasteiger partial charge in [0, 0.05) is 22.3 Å². The van der Waals surface area contributed by atoms with Gasteiger partial charge in [0.2, 0.25) is 0 Å². The molecule has 1 aromatic heterocycles. The lowest BCUT2D eigenvalue weighted by Crippen LogP contribution is -2.15. The largest absolute Gasteiger partial charge is 0.324 e. The van der Waals surface area contributed by atoms with Crippen LogP contribution >= 0.6 is 15.9 Å². The van der Waals surface area contributed by atoms with Crippen LogP contribution in [0.25, 0.3) is 0 Å². The Kier molecular flexibility index (Phi) is 3.86. The van der Waals surface area contributed by atoms with E-state index in [4.69, 9.17) is 5.73 Å². The highest BCUT2D eigenvalue weighted by Gasteiger charge is 2.12. The van der Waals surface area contributed by atoms with Crippen molar-refractivity contribution in [2.24, 2.45) is 5.73 Å². The van der Waals surface area contributed by atoms with Crippen LogP contribution in [0, 0.1) is 5.82 Å². The summed E-state index contributed by atoms with van der Waals surface area (Å²) in [6.45, 7) is 0. The first-order valence-corrected chi connectivity index (χ1v) is 6.06. The van der Waals surface area contributed by atoms with E-state index in [1.54, 1.807) is 12.3 Å². The average molecular weight is 295 g/mol. The molecule has 1 unspecified atom stereocenters. The second-order valence-electron chi connectivity index (χ2n) is 3.80. The molecule has 0 spiro atoms. The lowest BCUT2D eigenvalue weighted by atomic mass is 10.0. The van der Waals surface area contributed by atoms with Crippen molar-refractivity contribution in [3.63, 3.8) is 0 Å². The Labute approximate surface area is 108 Å². The van der Waals surface area contributed by atoms with Crippen LogP contribution in [-0.2, 0) is 6.42 Å². The molecule has 1 heterocycles. The van der Waals surface area contributed by atoms with Crippen LogP contribution in [0.15, 0.2) is 47.2 Å². The smallest absolute Gasteiger partial charge is 0.146 e. The fourth-order valence-corrected chi connectivity index (χ4v) is 2.14. The van der Waals surface area contributed by atoms with Crippen molar-refractivity contribution in [2.75, 3.05) is 0 Å². The normalized spacial score (nSPS) is 12.4. The number of aromatic nitrogens is 1. The van der Waals surface area contributed by atoms with Gasteiger partial charge in [-0.05, 0) is 24.1 Å². The summed E-state index contributed by atoms with van der Waals surface area (Å²) in [6.07, 6.45) is 3.33. The number of nitrogens with zero attached hydrogens (tertiary/aromatic N) is 1. The Morgan fingerprint density at radius 3 is 2.76 bits per heavy atom. The van der Waals surface area contributed by atoms with E-state index in [1.807, 2.05) is 24.3 Å². The van der Waals surface area contributed by atoms with E-state index in [9.17, 15) is 4.39 Å². The van der Waals surface area contributed by atoms with Crippen LogP contribution in [0.1, 0.15) is 17.2 Å². The Bertz CT molecular complexity index is 516. The van der Waals surface area contributed by atoms with Crippen LogP contribution in [0.5, 0.6) is 0 Å². The highest BCUT2D eigenvalue weighted by Crippen LogP contribution is 2.23. The van der Waals surface area contributed by atoms with Gasteiger partial charge in [-0.25, -0.2) is 4.39 Å². The summed E-state index contributed by atoms with van der Waals surface area (Å²) < 4.78 is 14.5. The topological polar surface area (TPSA) is 38.9 Å². The van der Waals surface area contributed by atoms with Crippen molar-refractivity contribution >= 4 is 15.9 Å². The monoisotopic (exact) mass is 294 g/mol. The Morgan fingerprint density at radius 1 is 1.29 bits per heavy atom. The second kappa shape index (κ2) is 5.38. The van der Waals surface area contributed by atoms with Crippen molar-refractivity contribution in [2.45, 2.75) is 12.5 Å². The second-order valence-corrected chi connectivity index (χ2v) is 4.65. The molecule has 4 heteroatoms. The van der Waals surface area contributed by atoms with Crippen molar-refractivity contribution in [3.05, 3.63) is 64.1 Å². The lowest BCUT2D eigenvalue weighted by Gasteiger charge is -2.13. The number of benzene rings is 1. The molecule has 0 saturated carbocycles. The van der Waals surface area contributed by atoms with Gasteiger partial charge in [-0.1, -0.05) is 34.1 Å². The number of nitrogens with two attached hydrogens (primary N) is 1. The third-order valence-electron chi connectivity index (χ3n) is 2.60. The third kappa shape index (κ3) is 2.90. The van der Waals surface area contributed by atoms with Gasteiger partial charge in [-0.15, -0.1) is 0 Å². The highest BCUT2D eigenvalue weighted by atomic mass is 79.9. The predicted octanol–water partition coefficient (Wildman–Crippen LogP) is 3.23. The SMILES string of the molecule is NC(Cc1ccccc1Br)c1ccncc1F. The van der Waals surface area contributed by atoms with Crippen molar-refractivity contribution in [1.82, 2.24) is 4.98 Å². The maximum atomic E-state index is 13.5. The van der Waals surface area contributed by atoms with Crippen LogP contribution < -0.4 is 5.73 Å². The van der Waals surface area contributed by atoms with Crippen LogP contribution in [-0.4, -0.2) is 4.98 Å². The molecule has 0 aliphatic heterocycles. The minimum absolute atomic E-state index is 0.355. The predicted molar refractivity (Wildman–Crippen MR) is 69.0 cm³/mol. The first kappa shape index (κ1) is 12.2. The Morgan fingerprint density at radius 2 is 2.06 bits per heavy atom. The van der Waals surface area contributed by atoms with Gasteiger partial charge in [0.1, 0.15) is 5.82 Å². The molecular weight excluding hydrogens is 283 g/mol. The molecule has 88 valence electrons. The number of hydrogen-bond donors (Lipinski definition) is 1. The minimum Gasteiger partial charge on any atom is -0.324 e. The van der Waals surface area contributed by atoms with Crippen molar-refractivity contribution in [3.8, 4) is 0 Å². The molecule has 0 amide bonds. The summed E-state index contributed by atoms with van der Waals surface area (Å²) in [7, 11) is 0. The number of hydrogen-bond acceptors (Lipinski definition) is 2. The zero-order valence-electron chi connectivity index (χ0n) is 9.11. The third-order valence-corrected chi connectivity index (χ3v) is 3.37. The van der Waals surface area contributed by atoms with Gasteiger partial charge in [0.15, 0.2) is 0 Å².